The second-order valence-electron chi connectivity index (χ2n) is 6.20. The van der Waals surface area contributed by atoms with E-state index >= 15 is 0 Å². The Morgan fingerprint density at radius 2 is 2.27 bits per heavy atom. The molecule has 5 N–H and O–H groups in total. The predicted octanol–water partition coefficient (Wildman–Crippen LogP) is 0.918. The Bertz CT molecular complexity index is 812. The first-order valence-corrected chi connectivity index (χ1v) is 9.34. The number of alkyl halides is 1. The van der Waals surface area contributed by atoms with Gasteiger partial charge in [0, 0.05) is 19.6 Å². The van der Waals surface area contributed by atoms with Gasteiger partial charge in [-0.15, -0.1) is 0 Å². The zero-order chi connectivity index (χ0) is 21.6. The first kappa shape index (κ1) is 23.1. The number of carbonyl (C=O) groups is 1. The zero-order valence-corrected chi connectivity index (χ0v) is 16.4. The van der Waals surface area contributed by atoms with Crippen LogP contribution in [0.15, 0.2) is 30.7 Å². The van der Waals surface area contributed by atoms with Gasteiger partial charge >= 0.3 is 6.03 Å². The fourth-order valence-electron chi connectivity index (χ4n) is 2.39. The monoisotopic (exact) mass is 420 g/mol. The number of amides is 2. The number of nitrogens with zero attached hydrogens (tertiary/aromatic N) is 2. The maximum Gasteiger partial charge on any atom is 0.320 e. The van der Waals surface area contributed by atoms with Crippen LogP contribution in [0.2, 0.25) is 0 Å². The molecule has 0 aliphatic heterocycles. The summed E-state index contributed by atoms with van der Waals surface area (Å²) in [5, 5.41) is 27.5. The standard InChI is InChI=1S/C19H25FN6O4/c20-3-6-29-11-14-1-2-17(15(7-14)8-21)30-12-16(27)9-22-4-5-24-19(28)26-18-10-23-13-25-18/h1-2,7,10,13,16,22,27H,3-6,9,11-12H2,(H,23,25)(H2,24,26,28). The number of hydrogen-bond donors (Lipinski definition) is 5. The third kappa shape index (κ3) is 8.44. The second kappa shape index (κ2) is 13.1. The van der Waals surface area contributed by atoms with E-state index in [0.29, 0.717) is 30.2 Å². The van der Waals surface area contributed by atoms with E-state index in [2.05, 4.69) is 25.9 Å². The molecular weight excluding hydrogens is 395 g/mol. The number of aromatic nitrogens is 2. The number of hydrogen-bond acceptors (Lipinski definition) is 7. The Morgan fingerprint density at radius 3 is 3.00 bits per heavy atom. The maximum atomic E-state index is 12.1. The third-order valence-corrected chi connectivity index (χ3v) is 3.80. The molecule has 0 spiro atoms. The van der Waals surface area contributed by atoms with Crippen LogP contribution in [0.25, 0.3) is 0 Å². The molecule has 0 radical (unpaired) electrons. The average molecular weight is 420 g/mol. The van der Waals surface area contributed by atoms with Crippen LogP contribution in [-0.4, -0.2) is 66.7 Å². The normalized spacial score (nSPS) is 11.5. The van der Waals surface area contributed by atoms with E-state index < -0.39 is 12.8 Å². The molecule has 30 heavy (non-hydrogen) atoms. The fraction of sp³-hybridized carbons (Fsp3) is 0.421. The van der Waals surface area contributed by atoms with Crippen LogP contribution in [-0.2, 0) is 11.3 Å². The minimum Gasteiger partial charge on any atom is -0.489 e. The van der Waals surface area contributed by atoms with E-state index in [1.54, 1.807) is 18.2 Å². The van der Waals surface area contributed by atoms with Gasteiger partial charge in [0.2, 0.25) is 0 Å². The third-order valence-electron chi connectivity index (χ3n) is 3.80. The molecule has 0 aliphatic carbocycles. The number of benzene rings is 1. The van der Waals surface area contributed by atoms with E-state index in [-0.39, 0.29) is 32.4 Å². The molecule has 0 saturated carbocycles. The van der Waals surface area contributed by atoms with Crippen molar-refractivity contribution in [2.75, 3.05) is 44.8 Å². The molecule has 2 amide bonds. The van der Waals surface area contributed by atoms with Crippen molar-refractivity contribution >= 4 is 11.8 Å². The van der Waals surface area contributed by atoms with Crippen molar-refractivity contribution in [1.29, 1.82) is 5.26 Å². The molecule has 1 atom stereocenters. The SMILES string of the molecule is N#Cc1cc(COCCF)ccc1OCC(O)CNCCNC(=O)Nc1cnc[nH]1. The first-order valence-electron chi connectivity index (χ1n) is 9.34. The maximum absolute atomic E-state index is 12.1. The number of rotatable bonds is 13. The zero-order valence-electron chi connectivity index (χ0n) is 16.4. The molecule has 0 fully saturated rings. The Balaban J connectivity index is 1.62. The summed E-state index contributed by atoms with van der Waals surface area (Å²) in [5.74, 6) is 0.841. The van der Waals surface area contributed by atoms with Gasteiger partial charge in [-0.05, 0) is 17.7 Å². The number of ether oxygens (including phenoxy) is 2. The number of nitrogens with one attached hydrogen (secondary N) is 4. The molecule has 162 valence electrons. The summed E-state index contributed by atoms with van der Waals surface area (Å²) < 4.78 is 22.7. The number of aromatic amines is 1. The van der Waals surface area contributed by atoms with Crippen LogP contribution in [0.4, 0.5) is 15.0 Å². The Kier molecular flexibility index (Phi) is 10.1. The Labute approximate surface area is 173 Å². The molecule has 10 nitrogen and oxygen atoms in total. The molecule has 0 saturated heterocycles. The summed E-state index contributed by atoms with van der Waals surface area (Å²) in [7, 11) is 0. The lowest BCUT2D eigenvalue weighted by Crippen LogP contribution is -2.38. The van der Waals surface area contributed by atoms with Gasteiger partial charge in [-0.2, -0.15) is 5.26 Å². The van der Waals surface area contributed by atoms with Gasteiger partial charge < -0.3 is 30.2 Å². The number of nitriles is 1. The van der Waals surface area contributed by atoms with E-state index in [1.807, 2.05) is 6.07 Å². The van der Waals surface area contributed by atoms with Crippen LogP contribution in [0.3, 0.4) is 0 Å². The number of carbonyl (C=O) groups excluding carboxylic acids is 1. The average Bonchev–Trinajstić information content (AvgIpc) is 3.25. The molecule has 1 aromatic carbocycles. The molecule has 1 unspecified atom stereocenters. The number of aliphatic hydroxyl groups is 1. The van der Waals surface area contributed by atoms with Crippen molar-refractivity contribution in [3.63, 3.8) is 0 Å². The van der Waals surface area contributed by atoms with Crippen molar-refractivity contribution in [1.82, 2.24) is 20.6 Å². The van der Waals surface area contributed by atoms with Crippen molar-refractivity contribution < 1.29 is 23.8 Å². The second-order valence-corrected chi connectivity index (χ2v) is 6.20. The highest BCUT2D eigenvalue weighted by atomic mass is 19.1. The van der Waals surface area contributed by atoms with Crippen molar-refractivity contribution in [2.45, 2.75) is 12.7 Å². The number of anilines is 1. The molecular formula is C19H25FN6O4. The Hall–Kier alpha value is -3.20. The van der Waals surface area contributed by atoms with Crippen molar-refractivity contribution in [3.8, 4) is 11.8 Å². The minimum atomic E-state index is -0.803. The number of urea groups is 1. The number of H-pyrrole nitrogens is 1. The number of imidazole rings is 1. The first-order chi connectivity index (χ1) is 14.6. The highest BCUT2D eigenvalue weighted by Crippen LogP contribution is 2.20. The minimum absolute atomic E-state index is 0.00375. The van der Waals surface area contributed by atoms with Crippen LogP contribution in [0, 0.1) is 11.3 Å². The highest BCUT2D eigenvalue weighted by Gasteiger charge is 2.09. The van der Waals surface area contributed by atoms with Gasteiger partial charge in [-0.3, -0.25) is 5.32 Å². The van der Waals surface area contributed by atoms with Gasteiger partial charge in [-0.25, -0.2) is 14.2 Å². The number of aliphatic hydroxyl groups excluding tert-OH is 1. The summed E-state index contributed by atoms with van der Waals surface area (Å²) >= 11 is 0. The van der Waals surface area contributed by atoms with E-state index in [1.165, 1.54) is 12.5 Å². The molecule has 0 aliphatic rings. The number of halogens is 1. The van der Waals surface area contributed by atoms with Crippen LogP contribution < -0.4 is 20.7 Å². The molecule has 0 bridgehead atoms. The van der Waals surface area contributed by atoms with Crippen molar-refractivity contribution in [2.24, 2.45) is 0 Å². The fourth-order valence-corrected chi connectivity index (χ4v) is 2.39. The van der Waals surface area contributed by atoms with Gasteiger partial charge in [-0.1, -0.05) is 6.07 Å². The summed E-state index contributed by atoms with van der Waals surface area (Å²) in [6, 6.07) is 6.61. The van der Waals surface area contributed by atoms with Crippen molar-refractivity contribution in [3.05, 3.63) is 41.9 Å². The van der Waals surface area contributed by atoms with Crippen LogP contribution in [0.1, 0.15) is 11.1 Å². The summed E-state index contributed by atoms with van der Waals surface area (Å²) in [6.07, 6.45) is 2.14. The lowest BCUT2D eigenvalue weighted by molar-refractivity contribution is 0.104. The quantitative estimate of drug-likeness (QED) is 0.303. The molecule has 1 aromatic heterocycles. The van der Waals surface area contributed by atoms with E-state index in [9.17, 15) is 19.6 Å². The smallest absolute Gasteiger partial charge is 0.320 e. The summed E-state index contributed by atoms with van der Waals surface area (Å²) in [5.41, 5.74) is 1.04. The Morgan fingerprint density at radius 1 is 1.40 bits per heavy atom. The highest BCUT2D eigenvalue weighted by molar-refractivity contribution is 5.87. The summed E-state index contributed by atoms with van der Waals surface area (Å²) in [6.45, 7) is 0.701. The molecule has 2 rings (SSSR count). The molecule has 2 aromatic rings. The van der Waals surface area contributed by atoms with Gasteiger partial charge in [0.25, 0.3) is 0 Å². The van der Waals surface area contributed by atoms with Gasteiger partial charge in [0.1, 0.15) is 37.0 Å². The van der Waals surface area contributed by atoms with E-state index in [4.69, 9.17) is 9.47 Å². The molecule has 1 heterocycles. The largest absolute Gasteiger partial charge is 0.489 e. The lowest BCUT2D eigenvalue weighted by atomic mass is 10.1. The van der Waals surface area contributed by atoms with E-state index in [0.717, 1.165) is 5.56 Å². The predicted molar refractivity (Wildman–Crippen MR) is 107 cm³/mol. The van der Waals surface area contributed by atoms with Gasteiger partial charge in [0.15, 0.2) is 0 Å². The lowest BCUT2D eigenvalue weighted by Gasteiger charge is -2.15. The van der Waals surface area contributed by atoms with Crippen LogP contribution in [0.5, 0.6) is 5.75 Å². The topological polar surface area (TPSA) is 144 Å². The molecule has 11 heteroatoms. The van der Waals surface area contributed by atoms with Gasteiger partial charge in [0.05, 0.1) is 31.3 Å². The summed E-state index contributed by atoms with van der Waals surface area (Å²) in [4.78, 5) is 18.1. The van der Waals surface area contributed by atoms with Crippen LogP contribution >= 0.6 is 0 Å².